The van der Waals surface area contributed by atoms with Gasteiger partial charge in [0.25, 0.3) is 11.8 Å². The number of halogens is 2. The Bertz CT molecular complexity index is 714. The summed E-state index contributed by atoms with van der Waals surface area (Å²) in [6.07, 6.45) is 0.910. The molecule has 0 aromatic carbocycles. The van der Waals surface area contributed by atoms with Crippen LogP contribution in [0.25, 0.3) is 5.82 Å². The second kappa shape index (κ2) is 5.72. The van der Waals surface area contributed by atoms with Crippen molar-refractivity contribution in [1.29, 1.82) is 0 Å². The zero-order valence-corrected chi connectivity index (χ0v) is 13.1. The van der Waals surface area contributed by atoms with Crippen LogP contribution < -0.4 is 0 Å². The minimum Gasteiger partial charge on any atom is -0.338 e. The number of carbonyl (C=O) groups is 1. The van der Waals surface area contributed by atoms with Crippen molar-refractivity contribution in [3.05, 3.63) is 41.3 Å². The Labute approximate surface area is 132 Å². The van der Waals surface area contributed by atoms with E-state index in [1.807, 2.05) is 19.9 Å². The van der Waals surface area contributed by atoms with Gasteiger partial charge in [-0.1, -0.05) is 0 Å². The summed E-state index contributed by atoms with van der Waals surface area (Å²) in [4.78, 5) is 18.1. The van der Waals surface area contributed by atoms with Gasteiger partial charge < -0.3 is 4.90 Å². The highest BCUT2D eigenvalue weighted by Crippen LogP contribution is 2.28. The van der Waals surface area contributed by atoms with Gasteiger partial charge in [-0.05, 0) is 32.0 Å². The molecule has 3 rings (SSSR count). The molecule has 2 aromatic rings. The fourth-order valence-corrected chi connectivity index (χ4v) is 2.72. The molecule has 3 heterocycles. The summed E-state index contributed by atoms with van der Waals surface area (Å²) >= 11 is 0. The van der Waals surface area contributed by atoms with Crippen LogP contribution in [0.4, 0.5) is 8.78 Å². The molecule has 0 spiro atoms. The van der Waals surface area contributed by atoms with E-state index in [1.54, 1.807) is 16.8 Å². The highest BCUT2D eigenvalue weighted by atomic mass is 19.3. The van der Waals surface area contributed by atoms with Crippen molar-refractivity contribution in [1.82, 2.24) is 19.7 Å². The first-order valence-corrected chi connectivity index (χ1v) is 7.52. The third-order valence-corrected chi connectivity index (χ3v) is 4.00. The summed E-state index contributed by atoms with van der Waals surface area (Å²) < 4.78 is 28.0. The van der Waals surface area contributed by atoms with Gasteiger partial charge in [-0.2, -0.15) is 5.10 Å². The van der Waals surface area contributed by atoms with Crippen LogP contribution in [0.15, 0.2) is 24.4 Å². The summed E-state index contributed by atoms with van der Waals surface area (Å²) in [5.41, 5.74) is 2.24. The quantitative estimate of drug-likeness (QED) is 0.855. The predicted octanol–water partition coefficient (Wildman–Crippen LogP) is 2.76. The maximum Gasteiger partial charge on any atom is 0.255 e. The molecule has 0 N–H and O–H groups in total. The van der Waals surface area contributed by atoms with Gasteiger partial charge in [0.15, 0.2) is 5.82 Å². The van der Waals surface area contributed by atoms with E-state index >= 15 is 0 Å². The van der Waals surface area contributed by atoms with E-state index in [1.165, 1.54) is 11.1 Å². The Morgan fingerprint density at radius 1 is 1.22 bits per heavy atom. The van der Waals surface area contributed by atoms with E-state index in [9.17, 15) is 13.6 Å². The van der Waals surface area contributed by atoms with Crippen molar-refractivity contribution < 1.29 is 13.6 Å². The monoisotopic (exact) mass is 320 g/mol. The van der Waals surface area contributed by atoms with E-state index in [0.717, 1.165) is 11.4 Å². The van der Waals surface area contributed by atoms with Crippen LogP contribution in [0.1, 0.15) is 34.6 Å². The Hall–Kier alpha value is -2.31. The van der Waals surface area contributed by atoms with Crippen molar-refractivity contribution in [2.75, 3.05) is 13.1 Å². The first-order chi connectivity index (χ1) is 10.9. The zero-order valence-electron chi connectivity index (χ0n) is 13.1. The number of aromatic nitrogens is 3. The number of aryl methyl sites for hydroxylation is 2. The Balaban J connectivity index is 1.75. The van der Waals surface area contributed by atoms with Crippen LogP contribution in [-0.2, 0) is 0 Å². The normalized spacial score (nSPS) is 17.3. The number of pyridine rings is 1. The molecule has 0 aliphatic carbocycles. The summed E-state index contributed by atoms with van der Waals surface area (Å²) in [6, 6.07) is 5.31. The maximum absolute atomic E-state index is 13.2. The number of hydrogen-bond donors (Lipinski definition) is 0. The minimum atomic E-state index is -2.66. The number of nitrogens with zero attached hydrogens (tertiary/aromatic N) is 4. The molecule has 1 fully saturated rings. The molecule has 122 valence electrons. The highest BCUT2D eigenvalue weighted by Gasteiger charge is 2.35. The molecule has 1 aliphatic rings. The van der Waals surface area contributed by atoms with Gasteiger partial charge in [-0.25, -0.2) is 18.4 Å². The topological polar surface area (TPSA) is 51.0 Å². The van der Waals surface area contributed by atoms with E-state index in [4.69, 9.17) is 0 Å². The van der Waals surface area contributed by atoms with E-state index in [0.29, 0.717) is 11.4 Å². The molecule has 0 bridgehead atoms. The van der Waals surface area contributed by atoms with Gasteiger partial charge in [0, 0.05) is 37.8 Å². The molecule has 0 saturated carbocycles. The lowest BCUT2D eigenvalue weighted by atomic mass is 10.1. The Morgan fingerprint density at radius 2 is 1.91 bits per heavy atom. The smallest absolute Gasteiger partial charge is 0.255 e. The number of carbonyl (C=O) groups excluding carboxylic acids is 1. The molecule has 1 aliphatic heterocycles. The van der Waals surface area contributed by atoms with Crippen molar-refractivity contribution in [3.63, 3.8) is 0 Å². The SMILES string of the molecule is Cc1cc(C)n(-c2ccc(C(=O)N3CCC(F)(F)CC3)cn2)n1. The average Bonchev–Trinajstić information content (AvgIpc) is 2.85. The maximum atomic E-state index is 13.2. The first kappa shape index (κ1) is 15.6. The molecular formula is C16H18F2N4O. The lowest BCUT2D eigenvalue weighted by Gasteiger charge is -2.31. The van der Waals surface area contributed by atoms with Crippen LogP contribution in [-0.4, -0.2) is 44.6 Å². The summed E-state index contributed by atoms with van der Waals surface area (Å²) in [5.74, 6) is -2.29. The number of amides is 1. The molecule has 0 unspecified atom stereocenters. The molecule has 2 aromatic heterocycles. The molecular weight excluding hydrogens is 302 g/mol. The molecule has 1 saturated heterocycles. The lowest BCUT2D eigenvalue weighted by Crippen LogP contribution is -2.42. The van der Waals surface area contributed by atoms with Crippen molar-refractivity contribution >= 4 is 5.91 Å². The fourth-order valence-electron chi connectivity index (χ4n) is 2.72. The van der Waals surface area contributed by atoms with Gasteiger partial charge in [0.05, 0.1) is 11.3 Å². The van der Waals surface area contributed by atoms with Gasteiger partial charge in [0.1, 0.15) is 0 Å². The highest BCUT2D eigenvalue weighted by molar-refractivity contribution is 5.94. The zero-order chi connectivity index (χ0) is 16.6. The molecule has 23 heavy (non-hydrogen) atoms. The third kappa shape index (κ3) is 3.23. The van der Waals surface area contributed by atoms with Crippen molar-refractivity contribution in [2.45, 2.75) is 32.6 Å². The number of alkyl halides is 2. The summed E-state index contributed by atoms with van der Waals surface area (Å²) in [6.45, 7) is 3.97. The van der Waals surface area contributed by atoms with E-state index in [2.05, 4.69) is 10.1 Å². The van der Waals surface area contributed by atoms with Gasteiger partial charge in [0.2, 0.25) is 0 Å². The number of likely N-dealkylation sites (tertiary alicyclic amines) is 1. The second-order valence-electron chi connectivity index (χ2n) is 5.89. The fraction of sp³-hybridized carbons (Fsp3) is 0.438. The van der Waals surface area contributed by atoms with Crippen LogP contribution in [0, 0.1) is 13.8 Å². The van der Waals surface area contributed by atoms with Gasteiger partial charge >= 0.3 is 0 Å². The molecule has 5 nitrogen and oxygen atoms in total. The number of rotatable bonds is 2. The largest absolute Gasteiger partial charge is 0.338 e. The number of hydrogen-bond acceptors (Lipinski definition) is 3. The lowest BCUT2D eigenvalue weighted by molar-refractivity contribution is -0.0494. The van der Waals surface area contributed by atoms with Crippen LogP contribution >= 0.6 is 0 Å². The van der Waals surface area contributed by atoms with Crippen molar-refractivity contribution in [3.8, 4) is 5.82 Å². The molecule has 7 heteroatoms. The molecule has 0 radical (unpaired) electrons. The first-order valence-electron chi connectivity index (χ1n) is 7.52. The summed E-state index contributed by atoms with van der Waals surface area (Å²) in [7, 11) is 0. The Kier molecular flexibility index (Phi) is 3.87. The Morgan fingerprint density at radius 3 is 2.43 bits per heavy atom. The minimum absolute atomic E-state index is 0.0744. The second-order valence-corrected chi connectivity index (χ2v) is 5.89. The van der Waals surface area contributed by atoms with E-state index in [-0.39, 0.29) is 31.8 Å². The van der Waals surface area contributed by atoms with E-state index < -0.39 is 5.92 Å². The number of piperidine rings is 1. The molecule has 0 atom stereocenters. The van der Waals surface area contributed by atoms with Gasteiger partial charge in [-0.15, -0.1) is 0 Å². The van der Waals surface area contributed by atoms with Crippen molar-refractivity contribution in [2.24, 2.45) is 0 Å². The average molecular weight is 320 g/mol. The van der Waals surface area contributed by atoms with Gasteiger partial charge in [-0.3, -0.25) is 4.79 Å². The van der Waals surface area contributed by atoms with Crippen LogP contribution in [0.5, 0.6) is 0 Å². The predicted molar refractivity (Wildman–Crippen MR) is 80.9 cm³/mol. The summed E-state index contributed by atoms with van der Waals surface area (Å²) in [5, 5.41) is 4.34. The standard InChI is InChI=1S/C16H18F2N4O/c1-11-9-12(2)22(20-11)14-4-3-13(10-19-14)15(23)21-7-5-16(17,18)6-8-21/h3-4,9-10H,5-8H2,1-2H3. The van der Waals surface area contributed by atoms with Crippen LogP contribution in [0.2, 0.25) is 0 Å². The molecule has 1 amide bonds. The third-order valence-electron chi connectivity index (χ3n) is 4.00. The van der Waals surface area contributed by atoms with Crippen LogP contribution in [0.3, 0.4) is 0 Å².